The molecule has 0 radical (unpaired) electrons. The number of aliphatic carboxylic acids is 1. The fourth-order valence-electron chi connectivity index (χ4n) is 1.69. The third kappa shape index (κ3) is 6.17. The van der Waals surface area contributed by atoms with E-state index in [1.807, 2.05) is 0 Å². The van der Waals surface area contributed by atoms with E-state index in [2.05, 4.69) is 4.72 Å². The number of carboxylic acid groups (broad SMARTS) is 1. The molecule has 0 aliphatic carbocycles. The first kappa shape index (κ1) is 17.5. The first-order valence-corrected chi connectivity index (χ1v) is 7.98. The molecule has 0 heterocycles. The smallest absolute Gasteiger partial charge is 0.303 e. The van der Waals surface area contributed by atoms with Crippen molar-refractivity contribution >= 4 is 16.0 Å². The zero-order chi connectivity index (χ0) is 15.9. The summed E-state index contributed by atoms with van der Waals surface area (Å²) in [7, 11) is -3.86. The third-order valence-corrected chi connectivity index (χ3v) is 4.27. The Morgan fingerprint density at radius 1 is 1.10 bits per heavy atom. The van der Waals surface area contributed by atoms with Gasteiger partial charge in [0, 0.05) is 13.0 Å². The van der Waals surface area contributed by atoms with Crippen LogP contribution in [0.25, 0.3) is 0 Å². The lowest BCUT2D eigenvalue weighted by molar-refractivity contribution is -0.137. The molecule has 0 fully saturated rings. The molecule has 0 saturated heterocycles. The van der Waals surface area contributed by atoms with Crippen LogP contribution in [0.5, 0.6) is 0 Å². The van der Waals surface area contributed by atoms with Crippen molar-refractivity contribution in [3.63, 3.8) is 0 Å². The second kappa shape index (κ2) is 8.04. The zero-order valence-corrected chi connectivity index (χ0v) is 12.1. The van der Waals surface area contributed by atoms with Crippen LogP contribution >= 0.6 is 0 Å². The van der Waals surface area contributed by atoms with Gasteiger partial charge >= 0.3 is 5.97 Å². The monoisotopic (exact) mass is 321 g/mol. The average Bonchev–Trinajstić information content (AvgIpc) is 2.40. The number of carboxylic acids is 1. The average molecular weight is 321 g/mol. The van der Waals surface area contributed by atoms with Gasteiger partial charge in [0.2, 0.25) is 10.0 Å². The molecule has 1 aromatic rings. The summed E-state index contributed by atoms with van der Waals surface area (Å²) in [4.78, 5) is 9.95. The van der Waals surface area contributed by atoms with Gasteiger partial charge in [-0.15, -0.1) is 0 Å². The number of hydrogen-bond acceptors (Lipinski definition) is 3. The van der Waals surface area contributed by atoms with Crippen LogP contribution in [0, 0.1) is 11.6 Å². The van der Waals surface area contributed by atoms with Crippen LogP contribution < -0.4 is 4.72 Å². The van der Waals surface area contributed by atoms with Gasteiger partial charge in [-0.05, 0) is 31.0 Å². The van der Waals surface area contributed by atoms with Gasteiger partial charge in [-0.2, -0.15) is 0 Å². The Bertz CT molecular complexity index is 590. The Morgan fingerprint density at radius 3 is 2.38 bits per heavy atom. The molecule has 0 saturated carbocycles. The SMILES string of the molecule is O=C(O)CCCCCCNS(=O)(=O)c1ccc(F)c(F)c1. The Morgan fingerprint density at radius 2 is 1.76 bits per heavy atom. The largest absolute Gasteiger partial charge is 0.481 e. The number of carbonyl (C=O) groups is 1. The van der Waals surface area contributed by atoms with Crippen molar-refractivity contribution < 1.29 is 27.1 Å². The molecule has 1 aromatic carbocycles. The quantitative estimate of drug-likeness (QED) is 0.684. The second-order valence-electron chi connectivity index (χ2n) is 4.53. The molecule has 0 unspecified atom stereocenters. The normalized spacial score (nSPS) is 11.5. The van der Waals surface area contributed by atoms with Crippen molar-refractivity contribution in [3.8, 4) is 0 Å². The summed E-state index contributed by atoms with van der Waals surface area (Å²) in [5.41, 5.74) is 0. The first-order valence-electron chi connectivity index (χ1n) is 6.49. The molecular weight excluding hydrogens is 304 g/mol. The lowest BCUT2D eigenvalue weighted by Gasteiger charge is -2.07. The molecule has 5 nitrogen and oxygen atoms in total. The molecule has 0 aliphatic rings. The maximum atomic E-state index is 13.0. The van der Waals surface area contributed by atoms with E-state index in [0.29, 0.717) is 31.7 Å². The predicted molar refractivity (Wildman–Crippen MR) is 72.3 cm³/mol. The Labute approximate surface area is 122 Å². The fraction of sp³-hybridized carbons (Fsp3) is 0.462. The van der Waals surface area contributed by atoms with Crippen molar-refractivity contribution in [2.24, 2.45) is 0 Å². The van der Waals surface area contributed by atoms with Crippen LogP contribution in [0.4, 0.5) is 8.78 Å². The molecule has 0 spiro atoms. The first-order chi connectivity index (χ1) is 9.83. The lowest BCUT2D eigenvalue weighted by atomic mass is 10.1. The molecule has 118 valence electrons. The molecule has 1 rings (SSSR count). The maximum absolute atomic E-state index is 13.0. The van der Waals surface area contributed by atoms with Crippen LogP contribution in [0.15, 0.2) is 23.1 Å². The summed E-state index contributed by atoms with van der Waals surface area (Å²) >= 11 is 0. The van der Waals surface area contributed by atoms with Crippen molar-refractivity contribution in [1.29, 1.82) is 0 Å². The van der Waals surface area contributed by atoms with E-state index in [1.165, 1.54) is 0 Å². The van der Waals surface area contributed by atoms with Gasteiger partial charge in [0.15, 0.2) is 11.6 Å². The molecule has 8 heteroatoms. The number of benzene rings is 1. The molecule has 0 aromatic heterocycles. The summed E-state index contributed by atoms with van der Waals surface area (Å²) in [6, 6.07) is 2.38. The molecule has 0 atom stereocenters. The molecular formula is C13H17F2NO4S. The van der Waals surface area contributed by atoms with Crippen molar-refractivity contribution in [2.75, 3.05) is 6.54 Å². The van der Waals surface area contributed by atoms with Crippen molar-refractivity contribution in [2.45, 2.75) is 37.0 Å². The van der Waals surface area contributed by atoms with Gasteiger partial charge in [0.1, 0.15) is 0 Å². The van der Waals surface area contributed by atoms with Crippen LogP contribution in [0.2, 0.25) is 0 Å². The number of rotatable bonds is 9. The highest BCUT2D eigenvalue weighted by Gasteiger charge is 2.15. The minimum Gasteiger partial charge on any atom is -0.481 e. The van der Waals surface area contributed by atoms with Gasteiger partial charge in [-0.25, -0.2) is 21.9 Å². The highest BCUT2D eigenvalue weighted by atomic mass is 32.2. The van der Waals surface area contributed by atoms with E-state index in [1.54, 1.807) is 0 Å². The van der Waals surface area contributed by atoms with Crippen LogP contribution in [0.3, 0.4) is 0 Å². The minimum absolute atomic E-state index is 0.0978. The van der Waals surface area contributed by atoms with E-state index >= 15 is 0 Å². The number of sulfonamides is 1. The van der Waals surface area contributed by atoms with E-state index in [-0.39, 0.29) is 17.9 Å². The molecule has 0 amide bonds. The lowest BCUT2D eigenvalue weighted by Crippen LogP contribution is -2.25. The van der Waals surface area contributed by atoms with Crippen LogP contribution in [-0.2, 0) is 14.8 Å². The number of halogens is 2. The van der Waals surface area contributed by atoms with Gasteiger partial charge in [-0.1, -0.05) is 12.8 Å². The topological polar surface area (TPSA) is 83.5 Å². The molecule has 0 bridgehead atoms. The number of unbranched alkanes of at least 4 members (excludes halogenated alkanes) is 3. The second-order valence-corrected chi connectivity index (χ2v) is 6.30. The highest BCUT2D eigenvalue weighted by molar-refractivity contribution is 7.89. The van der Waals surface area contributed by atoms with Crippen LogP contribution in [0.1, 0.15) is 32.1 Å². The summed E-state index contributed by atoms with van der Waals surface area (Å²) < 4.78 is 51.6. The molecule has 21 heavy (non-hydrogen) atoms. The fourth-order valence-corrected chi connectivity index (χ4v) is 2.77. The standard InChI is InChI=1S/C13H17F2NO4S/c14-11-7-6-10(9-12(11)15)21(19,20)16-8-4-2-1-3-5-13(17)18/h6-7,9,16H,1-5,8H2,(H,17,18). The maximum Gasteiger partial charge on any atom is 0.303 e. The van der Waals surface area contributed by atoms with Gasteiger partial charge < -0.3 is 5.11 Å². The highest BCUT2D eigenvalue weighted by Crippen LogP contribution is 2.13. The van der Waals surface area contributed by atoms with E-state index in [9.17, 15) is 22.0 Å². The van der Waals surface area contributed by atoms with E-state index in [4.69, 9.17) is 5.11 Å². The Balaban J connectivity index is 2.36. The van der Waals surface area contributed by atoms with Crippen LogP contribution in [-0.4, -0.2) is 26.0 Å². The van der Waals surface area contributed by atoms with Crippen molar-refractivity contribution in [1.82, 2.24) is 4.72 Å². The van der Waals surface area contributed by atoms with Gasteiger partial charge in [0.25, 0.3) is 0 Å². The third-order valence-electron chi connectivity index (χ3n) is 2.81. The van der Waals surface area contributed by atoms with E-state index in [0.717, 1.165) is 12.1 Å². The Kier molecular flexibility index (Phi) is 6.70. The van der Waals surface area contributed by atoms with Gasteiger partial charge in [-0.3, -0.25) is 4.79 Å². The van der Waals surface area contributed by atoms with E-state index < -0.39 is 27.6 Å². The summed E-state index contributed by atoms with van der Waals surface area (Å²) in [5, 5.41) is 8.44. The van der Waals surface area contributed by atoms with Gasteiger partial charge in [0.05, 0.1) is 4.90 Å². The number of nitrogens with one attached hydrogen (secondary N) is 1. The summed E-state index contributed by atoms with van der Waals surface area (Å²) in [6.07, 6.45) is 2.57. The Hall–Kier alpha value is -1.54. The minimum atomic E-state index is -3.86. The number of hydrogen-bond donors (Lipinski definition) is 2. The predicted octanol–water partition coefficient (Wildman–Crippen LogP) is 2.28. The zero-order valence-electron chi connectivity index (χ0n) is 11.3. The summed E-state index contributed by atoms with van der Waals surface area (Å²) in [6.45, 7) is 0.161. The van der Waals surface area contributed by atoms with Crippen molar-refractivity contribution in [3.05, 3.63) is 29.8 Å². The summed E-state index contributed by atoms with van der Waals surface area (Å²) in [5.74, 6) is -3.17. The molecule has 0 aliphatic heterocycles. The molecule has 2 N–H and O–H groups in total.